The highest BCUT2D eigenvalue weighted by atomic mass is 19.1. The minimum atomic E-state index is -0.560. The summed E-state index contributed by atoms with van der Waals surface area (Å²) >= 11 is 0. The zero-order valence-corrected chi connectivity index (χ0v) is 11.3. The number of aromatic nitrogens is 3. The molecule has 0 bridgehead atoms. The molecule has 1 heterocycles. The minimum Gasteiger partial charge on any atom is -0.508 e. The number of anilines is 1. The predicted molar refractivity (Wildman–Crippen MR) is 77.4 cm³/mol. The molecule has 2 N–H and O–H groups in total. The number of rotatable bonds is 3. The van der Waals surface area contributed by atoms with E-state index in [-0.39, 0.29) is 17.1 Å². The lowest BCUT2D eigenvalue weighted by atomic mass is 10.3. The maximum Gasteiger partial charge on any atom is 0.277 e. The van der Waals surface area contributed by atoms with Crippen LogP contribution in [0.2, 0.25) is 0 Å². The van der Waals surface area contributed by atoms with Gasteiger partial charge in [0.2, 0.25) is 0 Å². The predicted octanol–water partition coefficient (Wildman–Crippen LogP) is 2.36. The lowest BCUT2D eigenvalue weighted by Gasteiger charge is -2.03. The van der Waals surface area contributed by atoms with Crippen LogP contribution >= 0.6 is 0 Å². The van der Waals surface area contributed by atoms with Crippen LogP contribution in [0.1, 0.15) is 10.5 Å². The van der Waals surface area contributed by atoms with Crippen molar-refractivity contribution >= 4 is 11.6 Å². The highest BCUT2D eigenvalue weighted by Gasteiger charge is 2.13. The molecule has 0 unspecified atom stereocenters. The summed E-state index contributed by atoms with van der Waals surface area (Å²) in [5.41, 5.74) is 0.762. The van der Waals surface area contributed by atoms with Gasteiger partial charge in [-0.05, 0) is 36.4 Å². The average molecular weight is 298 g/mol. The number of phenols is 1. The molecule has 1 aromatic heterocycles. The number of amides is 1. The molecular weight excluding hydrogens is 287 g/mol. The van der Waals surface area contributed by atoms with Crippen LogP contribution in [0, 0.1) is 5.82 Å². The first-order valence-corrected chi connectivity index (χ1v) is 6.41. The van der Waals surface area contributed by atoms with Crippen molar-refractivity contribution in [3.63, 3.8) is 0 Å². The number of aromatic hydroxyl groups is 1. The van der Waals surface area contributed by atoms with E-state index in [0.717, 1.165) is 0 Å². The molecule has 0 aliphatic carbocycles. The SMILES string of the molecule is O=C(Nc1ccccc1F)c1cn(-c2ccc(O)cc2)nn1. The van der Waals surface area contributed by atoms with Gasteiger partial charge in [0.05, 0.1) is 17.6 Å². The first kappa shape index (κ1) is 13.7. The van der Waals surface area contributed by atoms with Gasteiger partial charge < -0.3 is 10.4 Å². The van der Waals surface area contributed by atoms with E-state index in [1.165, 1.54) is 41.2 Å². The topological polar surface area (TPSA) is 80.0 Å². The number of carbonyl (C=O) groups excluding carboxylic acids is 1. The monoisotopic (exact) mass is 298 g/mol. The van der Waals surface area contributed by atoms with Gasteiger partial charge in [0, 0.05) is 0 Å². The Morgan fingerprint density at radius 3 is 2.59 bits per heavy atom. The van der Waals surface area contributed by atoms with Crippen LogP contribution in [0.25, 0.3) is 5.69 Å². The molecule has 0 aliphatic heterocycles. The van der Waals surface area contributed by atoms with Gasteiger partial charge in [-0.15, -0.1) is 5.10 Å². The van der Waals surface area contributed by atoms with Crippen LogP contribution in [0.4, 0.5) is 10.1 Å². The summed E-state index contributed by atoms with van der Waals surface area (Å²) in [6, 6.07) is 12.1. The van der Waals surface area contributed by atoms with Crippen molar-refractivity contribution in [1.29, 1.82) is 0 Å². The summed E-state index contributed by atoms with van der Waals surface area (Å²) in [4.78, 5) is 12.0. The molecule has 7 heteroatoms. The standard InChI is InChI=1S/C15H11FN4O2/c16-12-3-1-2-4-13(12)17-15(22)14-9-20(19-18-14)10-5-7-11(21)8-6-10/h1-9,21H,(H,17,22). The summed E-state index contributed by atoms with van der Waals surface area (Å²) in [6.45, 7) is 0. The molecule has 22 heavy (non-hydrogen) atoms. The third-order valence-electron chi connectivity index (χ3n) is 2.96. The lowest BCUT2D eigenvalue weighted by molar-refractivity contribution is 0.102. The highest BCUT2D eigenvalue weighted by Crippen LogP contribution is 2.15. The van der Waals surface area contributed by atoms with E-state index in [9.17, 15) is 14.3 Å². The Labute approximate surface area is 124 Å². The second-order valence-electron chi connectivity index (χ2n) is 4.50. The second kappa shape index (κ2) is 5.65. The van der Waals surface area contributed by atoms with Crippen LogP contribution in [0.5, 0.6) is 5.75 Å². The van der Waals surface area contributed by atoms with Gasteiger partial charge in [-0.1, -0.05) is 17.3 Å². The molecule has 3 aromatic rings. The highest BCUT2D eigenvalue weighted by molar-refractivity contribution is 6.02. The fourth-order valence-electron chi connectivity index (χ4n) is 1.85. The van der Waals surface area contributed by atoms with E-state index in [4.69, 9.17) is 0 Å². The van der Waals surface area contributed by atoms with E-state index >= 15 is 0 Å². The molecule has 0 atom stereocenters. The minimum absolute atomic E-state index is 0.0522. The van der Waals surface area contributed by atoms with Gasteiger partial charge in [-0.2, -0.15) is 0 Å². The molecule has 0 saturated heterocycles. The smallest absolute Gasteiger partial charge is 0.277 e. The number of nitrogens with zero attached hydrogens (tertiary/aromatic N) is 3. The van der Waals surface area contributed by atoms with Crippen molar-refractivity contribution in [1.82, 2.24) is 15.0 Å². The van der Waals surface area contributed by atoms with Crippen LogP contribution in [0.3, 0.4) is 0 Å². The molecule has 0 spiro atoms. The lowest BCUT2D eigenvalue weighted by Crippen LogP contribution is -2.13. The maximum absolute atomic E-state index is 13.5. The van der Waals surface area contributed by atoms with E-state index in [0.29, 0.717) is 5.69 Å². The van der Waals surface area contributed by atoms with Gasteiger partial charge in [0.1, 0.15) is 11.6 Å². The molecular formula is C15H11FN4O2. The Balaban J connectivity index is 1.80. The molecule has 0 fully saturated rings. The molecule has 110 valence electrons. The molecule has 6 nitrogen and oxygen atoms in total. The van der Waals surface area contributed by atoms with Crippen molar-refractivity contribution in [3.05, 3.63) is 66.2 Å². The van der Waals surface area contributed by atoms with Crippen LogP contribution in [-0.2, 0) is 0 Å². The number of hydrogen-bond donors (Lipinski definition) is 2. The molecule has 0 aliphatic rings. The van der Waals surface area contributed by atoms with Crippen molar-refractivity contribution in [3.8, 4) is 11.4 Å². The Kier molecular flexibility index (Phi) is 3.53. The molecule has 0 radical (unpaired) electrons. The molecule has 1 amide bonds. The van der Waals surface area contributed by atoms with Gasteiger partial charge in [0.25, 0.3) is 5.91 Å². The third-order valence-corrected chi connectivity index (χ3v) is 2.96. The first-order valence-electron chi connectivity index (χ1n) is 6.41. The first-order chi connectivity index (χ1) is 10.6. The zero-order chi connectivity index (χ0) is 15.5. The Hall–Kier alpha value is -3.22. The number of halogens is 1. The van der Waals surface area contributed by atoms with Crippen LogP contribution in [0.15, 0.2) is 54.7 Å². The van der Waals surface area contributed by atoms with Crippen LogP contribution < -0.4 is 5.32 Å². The van der Waals surface area contributed by atoms with Crippen molar-refractivity contribution in [2.24, 2.45) is 0 Å². The number of nitrogens with one attached hydrogen (secondary N) is 1. The van der Waals surface area contributed by atoms with Crippen molar-refractivity contribution < 1.29 is 14.3 Å². The zero-order valence-electron chi connectivity index (χ0n) is 11.3. The van der Waals surface area contributed by atoms with Gasteiger partial charge in [-0.3, -0.25) is 4.79 Å². The number of para-hydroxylation sites is 1. The fourth-order valence-corrected chi connectivity index (χ4v) is 1.85. The number of carbonyl (C=O) groups is 1. The second-order valence-corrected chi connectivity index (χ2v) is 4.50. The van der Waals surface area contributed by atoms with E-state index in [1.54, 1.807) is 18.2 Å². The number of benzene rings is 2. The summed E-state index contributed by atoms with van der Waals surface area (Å²) in [7, 11) is 0. The van der Waals surface area contributed by atoms with E-state index in [2.05, 4.69) is 15.6 Å². The van der Waals surface area contributed by atoms with Crippen LogP contribution in [-0.4, -0.2) is 26.0 Å². The van der Waals surface area contributed by atoms with Crippen molar-refractivity contribution in [2.75, 3.05) is 5.32 Å². The summed E-state index contributed by atoms with van der Waals surface area (Å²) in [5, 5.41) is 19.3. The maximum atomic E-state index is 13.5. The molecule has 3 rings (SSSR count). The van der Waals surface area contributed by atoms with Crippen molar-refractivity contribution in [2.45, 2.75) is 0 Å². The molecule has 2 aromatic carbocycles. The summed E-state index contributed by atoms with van der Waals surface area (Å²) in [6.07, 6.45) is 1.42. The number of phenolic OH excluding ortho intramolecular Hbond substituents is 1. The van der Waals surface area contributed by atoms with Gasteiger partial charge >= 0.3 is 0 Å². The number of hydrogen-bond acceptors (Lipinski definition) is 4. The van der Waals surface area contributed by atoms with E-state index in [1.807, 2.05) is 0 Å². The Bertz CT molecular complexity index is 814. The third kappa shape index (κ3) is 2.78. The summed E-state index contributed by atoms with van der Waals surface area (Å²) in [5.74, 6) is -0.960. The van der Waals surface area contributed by atoms with E-state index < -0.39 is 11.7 Å². The van der Waals surface area contributed by atoms with Gasteiger partial charge in [0.15, 0.2) is 5.69 Å². The fraction of sp³-hybridized carbons (Fsp3) is 0. The normalized spacial score (nSPS) is 10.4. The largest absolute Gasteiger partial charge is 0.508 e. The quantitative estimate of drug-likeness (QED) is 0.778. The Morgan fingerprint density at radius 2 is 1.86 bits per heavy atom. The molecule has 0 saturated carbocycles. The Morgan fingerprint density at radius 1 is 1.14 bits per heavy atom. The van der Waals surface area contributed by atoms with Gasteiger partial charge in [-0.25, -0.2) is 9.07 Å². The summed E-state index contributed by atoms with van der Waals surface area (Å²) < 4.78 is 14.9. The average Bonchev–Trinajstić information content (AvgIpc) is 3.00.